The summed E-state index contributed by atoms with van der Waals surface area (Å²) in [6, 6.07) is 9.14. The van der Waals surface area contributed by atoms with E-state index in [-0.39, 0.29) is 11.4 Å². The lowest BCUT2D eigenvalue weighted by Crippen LogP contribution is -2.57. The SMILES string of the molecule is CCN1CCCN(C(=O)c2cccc(C#N)c2)CC12CCOCC2. The predicted octanol–water partition coefficient (Wildman–Crippen LogP) is 2.28. The molecule has 1 spiro atoms. The zero-order chi connectivity index (χ0) is 17.0. The van der Waals surface area contributed by atoms with Gasteiger partial charge in [0.1, 0.15) is 0 Å². The second-order valence-corrected chi connectivity index (χ2v) is 6.69. The minimum Gasteiger partial charge on any atom is -0.381 e. The molecule has 1 aromatic carbocycles. The van der Waals surface area contributed by atoms with Crippen molar-refractivity contribution in [3.63, 3.8) is 0 Å². The van der Waals surface area contributed by atoms with E-state index in [1.807, 2.05) is 11.0 Å². The highest BCUT2D eigenvalue weighted by atomic mass is 16.5. The number of carbonyl (C=O) groups excluding carboxylic acids is 1. The van der Waals surface area contributed by atoms with Crippen molar-refractivity contribution in [2.45, 2.75) is 31.7 Å². The topological polar surface area (TPSA) is 56.6 Å². The zero-order valence-electron chi connectivity index (χ0n) is 14.3. The summed E-state index contributed by atoms with van der Waals surface area (Å²) >= 11 is 0. The quantitative estimate of drug-likeness (QED) is 0.836. The summed E-state index contributed by atoms with van der Waals surface area (Å²) in [6.45, 7) is 7.29. The van der Waals surface area contributed by atoms with Crippen LogP contribution in [-0.2, 0) is 4.74 Å². The van der Waals surface area contributed by atoms with Crippen LogP contribution in [0.5, 0.6) is 0 Å². The summed E-state index contributed by atoms with van der Waals surface area (Å²) in [5.74, 6) is 0.0379. The van der Waals surface area contributed by atoms with Gasteiger partial charge in [-0.05, 0) is 44.0 Å². The van der Waals surface area contributed by atoms with Crippen molar-refractivity contribution < 1.29 is 9.53 Å². The van der Waals surface area contributed by atoms with E-state index in [1.54, 1.807) is 18.2 Å². The molecule has 0 aliphatic carbocycles. The molecule has 0 unspecified atom stereocenters. The number of benzene rings is 1. The molecule has 24 heavy (non-hydrogen) atoms. The maximum absolute atomic E-state index is 13.0. The molecule has 5 nitrogen and oxygen atoms in total. The highest BCUT2D eigenvalue weighted by Crippen LogP contribution is 2.31. The molecule has 5 heteroatoms. The summed E-state index contributed by atoms with van der Waals surface area (Å²) in [4.78, 5) is 17.5. The minimum absolute atomic E-state index is 0.0337. The fourth-order valence-corrected chi connectivity index (χ4v) is 4.02. The Morgan fingerprint density at radius 1 is 1.33 bits per heavy atom. The molecule has 3 rings (SSSR count). The molecular formula is C19H25N3O2. The lowest BCUT2D eigenvalue weighted by Gasteiger charge is -2.46. The highest BCUT2D eigenvalue weighted by molar-refractivity contribution is 5.94. The average molecular weight is 327 g/mol. The van der Waals surface area contributed by atoms with Crippen LogP contribution in [0.3, 0.4) is 0 Å². The van der Waals surface area contributed by atoms with Gasteiger partial charge in [-0.1, -0.05) is 13.0 Å². The first kappa shape index (κ1) is 16.9. The molecule has 0 atom stereocenters. The number of rotatable bonds is 2. The largest absolute Gasteiger partial charge is 0.381 e. The van der Waals surface area contributed by atoms with Crippen LogP contribution >= 0.6 is 0 Å². The Kier molecular flexibility index (Phi) is 5.17. The van der Waals surface area contributed by atoms with E-state index < -0.39 is 0 Å². The Balaban J connectivity index is 1.84. The van der Waals surface area contributed by atoms with Gasteiger partial charge >= 0.3 is 0 Å². The van der Waals surface area contributed by atoms with Crippen molar-refractivity contribution in [3.8, 4) is 6.07 Å². The lowest BCUT2D eigenvalue weighted by molar-refractivity contribution is -0.0307. The van der Waals surface area contributed by atoms with Gasteiger partial charge in [-0.2, -0.15) is 5.26 Å². The van der Waals surface area contributed by atoms with Gasteiger partial charge < -0.3 is 9.64 Å². The lowest BCUT2D eigenvalue weighted by atomic mass is 9.87. The third-order valence-corrected chi connectivity index (χ3v) is 5.34. The summed E-state index contributed by atoms with van der Waals surface area (Å²) in [5.41, 5.74) is 1.18. The molecule has 2 aliphatic rings. The van der Waals surface area contributed by atoms with Gasteiger partial charge in [-0.25, -0.2) is 0 Å². The Morgan fingerprint density at radius 2 is 2.12 bits per heavy atom. The van der Waals surface area contributed by atoms with Crippen LogP contribution in [0.2, 0.25) is 0 Å². The van der Waals surface area contributed by atoms with E-state index in [0.29, 0.717) is 11.1 Å². The van der Waals surface area contributed by atoms with E-state index in [1.165, 1.54) is 0 Å². The van der Waals surface area contributed by atoms with Crippen LogP contribution in [-0.4, -0.2) is 60.6 Å². The molecule has 0 radical (unpaired) electrons. The third kappa shape index (κ3) is 3.31. The van der Waals surface area contributed by atoms with E-state index in [4.69, 9.17) is 10.00 Å². The fourth-order valence-electron chi connectivity index (χ4n) is 4.02. The Labute approximate surface area is 143 Å². The summed E-state index contributed by atoms with van der Waals surface area (Å²) < 4.78 is 5.58. The summed E-state index contributed by atoms with van der Waals surface area (Å²) in [5, 5.41) is 9.07. The van der Waals surface area contributed by atoms with Gasteiger partial charge in [0.05, 0.1) is 11.6 Å². The molecular weight excluding hydrogens is 302 g/mol. The maximum atomic E-state index is 13.0. The summed E-state index contributed by atoms with van der Waals surface area (Å²) in [7, 11) is 0. The molecule has 0 saturated carbocycles. The highest BCUT2D eigenvalue weighted by Gasteiger charge is 2.41. The smallest absolute Gasteiger partial charge is 0.253 e. The van der Waals surface area contributed by atoms with Crippen molar-refractivity contribution in [1.29, 1.82) is 5.26 Å². The van der Waals surface area contributed by atoms with Crippen LogP contribution in [0, 0.1) is 11.3 Å². The first-order valence-electron chi connectivity index (χ1n) is 8.81. The van der Waals surface area contributed by atoms with Crippen molar-refractivity contribution >= 4 is 5.91 Å². The maximum Gasteiger partial charge on any atom is 0.253 e. The number of nitrogens with zero attached hydrogens (tertiary/aromatic N) is 3. The first-order chi connectivity index (χ1) is 11.7. The van der Waals surface area contributed by atoms with Crippen LogP contribution in [0.4, 0.5) is 0 Å². The van der Waals surface area contributed by atoms with Gasteiger partial charge in [0.25, 0.3) is 5.91 Å². The number of amides is 1. The molecule has 0 N–H and O–H groups in total. The van der Waals surface area contributed by atoms with Crippen molar-refractivity contribution in [2.24, 2.45) is 0 Å². The molecule has 2 saturated heterocycles. The van der Waals surface area contributed by atoms with E-state index in [0.717, 1.165) is 58.7 Å². The van der Waals surface area contributed by atoms with Crippen LogP contribution in [0.1, 0.15) is 42.1 Å². The molecule has 0 bridgehead atoms. The van der Waals surface area contributed by atoms with Crippen LogP contribution < -0.4 is 0 Å². The fraction of sp³-hybridized carbons (Fsp3) is 0.579. The van der Waals surface area contributed by atoms with Gasteiger partial charge in [0.15, 0.2) is 0 Å². The number of ether oxygens (including phenoxy) is 1. The zero-order valence-corrected chi connectivity index (χ0v) is 14.3. The van der Waals surface area contributed by atoms with Crippen LogP contribution in [0.15, 0.2) is 24.3 Å². The van der Waals surface area contributed by atoms with Crippen molar-refractivity contribution in [1.82, 2.24) is 9.80 Å². The Hall–Kier alpha value is -1.90. The number of hydrogen-bond donors (Lipinski definition) is 0. The average Bonchev–Trinajstić information content (AvgIpc) is 2.81. The standard InChI is InChI=1S/C19H25N3O2/c1-2-22-10-4-9-21(15-19(22)7-11-24-12-8-19)18(23)17-6-3-5-16(13-17)14-20/h3,5-6,13H,2,4,7-12,15H2,1H3. The molecule has 0 aromatic heterocycles. The van der Waals surface area contributed by atoms with Crippen molar-refractivity contribution in [2.75, 3.05) is 39.4 Å². The number of nitriles is 1. The molecule has 2 heterocycles. The molecule has 2 fully saturated rings. The van der Waals surface area contributed by atoms with Gasteiger partial charge in [-0.15, -0.1) is 0 Å². The second kappa shape index (κ2) is 7.33. The molecule has 1 amide bonds. The summed E-state index contributed by atoms with van der Waals surface area (Å²) in [6.07, 6.45) is 2.94. The van der Waals surface area contributed by atoms with Gasteiger partial charge in [0, 0.05) is 44.0 Å². The van der Waals surface area contributed by atoms with Gasteiger partial charge in [0.2, 0.25) is 0 Å². The van der Waals surface area contributed by atoms with E-state index >= 15 is 0 Å². The van der Waals surface area contributed by atoms with Gasteiger partial charge in [-0.3, -0.25) is 9.69 Å². The second-order valence-electron chi connectivity index (χ2n) is 6.69. The molecule has 2 aliphatic heterocycles. The third-order valence-electron chi connectivity index (χ3n) is 5.34. The monoisotopic (exact) mass is 327 g/mol. The van der Waals surface area contributed by atoms with Crippen molar-refractivity contribution in [3.05, 3.63) is 35.4 Å². The Bertz CT molecular complexity index is 632. The Morgan fingerprint density at radius 3 is 2.83 bits per heavy atom. The van der Waals surface area contributed by atoms with Crippen LogP contribution in [0.25, 0.3) is 0 Å². The van der Waals surface area contributed by atoms with E-state index in [2.05, 4.69) is 17.9 Å². The minimum atomic E-state index is 0.0337. The number of carbonyl (C=O) groups is 1. The molecule has 1 aromatic rings. The number of hydrogen-bond acceptors (Lipinski definition) is 4. The van der Waals surface area contributed by atoms with E-state index in [9.17, 15) is 4.79 Å². The predicted molar refractivity (Wildman–Crippen MR) is 91.7 cm³/mol. The normalized spacial score (nSPS) is 21.2. The number of likely N-dealkylation sites (N-methyl/N-ethyl adjacent to an activating group) is 1. The molecule has 128 valence electrons. The first-order valence-corrected chi connectivity index (χ1v) is 8.81.